The Balaban J connectivity index is 1.80. The number of amides is 1. The fraction of sp³-hybridized carbons (Fsp3) is 0.0526. The molecular weight excluding hydrogens is 382 g/mol. The molecule has 0 aliphatic heterocycles. The molecule has 0 saturated carbocycles. The van der Waals surface area contributed by atoms with Crippen LogP contribution in [0.4, 0.5) is 11.4 Å². The van der Waals surface area contributed by atoms with Gasteiger partial charge >= 0.3 is 0 Å². The topological polar surface area (TPSA) is 77.2 Å². The summed E-state index contributed by atoms with van der Waals surface area (Å²) in [6.45, 7) is 0.279. The number of halogens is 1. The fourth-order valence-corrected chi connectivity index (χ4v) is 2.62. The number of anilines is 2. The summed E-state index contributed by atoms with van der Waals surface area (Å²) in [4.78, 5) is 16.6. The number of pyridine rings is 1. The summed E-state index contributed by atoms with van der Waals surface area (Å²) in [6, 6.07) is 16.3. The van der Waals surface area contributed by atoms with Gasteiger partial charge in [-0.25, -0.2) is 0 Å². The van der Waals surface area contributed by atoms with Gasteiger partial charge in [0.1, 0.15) is 12.4 Å². The molecule has 25 heavy (non-hydrogen) atoms. The lowest BCUT2D eigenvalue weighted by molar-refractivity contribution is 0.102. The maximum Gasteiger partial charge on any atom is 0.259 e. The number of nitrogen functional groups attached to an aromatic ring is 1. The highest BCUT2D eigenvalue weighted by Gasteiger charge is 2.14. The molecule has 6 heteroatoms. The van der Waals surface area contributed by atoms with Crippen molar-refractivity contribution in [3.63, 3.8) is 0 Å². The van der Waals surface area contributed by atoms with Crippen molar-refractivity contribution in [2.45, 2.75) is 6.61 Å². The molecule has 126 valence electrons. The Morgan fingerprint density at radius 2 is 2.00 bits per heavy atom. The third kappa shape index (κ3) is 4.36. The quantitative estimate of drug-likeness (QED) is 0.630. The summed E-state index contributed by atoms with van der Waals surface area (Å²) >= 11 is 3.39. The number of carbonyl (C=O) groups is 1. The summed E-state index contributed by atoms with van der Waals surface area (Å²) in [6.07, 6.45) is 3.23. The third-order valence-electron chi connectivity index (χ3n) is 3.54. The number of rotatable bonds is 5. The van der Waals surface area contributed by atoms with Crippen LogP contribution in [0, 0.1) is 0 Å². The molecule has 0 aliphatic rings. The van der Waals surface area contributed by atoms with Crippen molar-refractivity contribution in [1.29, 1.82) is 0 Å². The molecular formula is C19H16BrN3O2. The highest BCUT2D eigenvalue weighted by molar-refractivity contribution is 9.10. The van der Waals surface area contributed by atoms with Crippen LogP contribution in [0.25, 0.3) is 0 Å². The van der Waals surface area contributed by atoms with Crippen LogP contribution in [-0.4, -0.2) is 10.9 Å². The second-order valence-corrected chi connectivity index (χ2v) is 6.24. The number of hydrogen-bond donors (Lipinski definition) is 2. The smallest absolute Gasteiger partial charge is 0.259 e. The van der Waals surface area contributed by atoms with Crippen molar-refractivity contribution in [3.05, 3.63) is 82.6 Å². The molecule has 0 unspecified atom stereocenters. The molecule has 0 aliphatic carbocycles. The van der Waals surface area contributed by atoms with E-state index >= 15 is 0 Å². The van der Waals surface area contributed by atoms with Crippen LogP contribution in [0.1, 0.15) is 15.9 Å². The van der Waals surface area contributed by atoms with Gasteiger partial charge in [-0.3, -0.25) is 9.78 Å². The molecule has 5 nitrogen and oxygen atoms in total. The van der Waals surface area contributed by atoms with Gasteiger partial charge in [0.05, 0.1) is 17.4 Å². The van der Waals surface area contributed by atoms with Crippen LogP contribution in [0.15, 0.2) is 71.5 Å². The second kappa shape index (κ2) is 7.81. The Bertz CT molecular complexity index is 885. The van der Waals surface area contributed by atoms with Crippen molar-refractivity contribution in [3.8, 4) is 5.75 Å². The number of carbonyl (C=O) groups excluding carboxylic acids is 1. The number of para-hydroxylation sites is 1. The second-order valence-electron chi connectivity index (χ2n) is 5.32. The molecule has 1 aromatic heterocycles. The average molecular weight is 398 g/mol. The summed E-state index contributed by atoms with van der Waals surface area (Å²) in [5, 5.41) is 2.81. The number of benzene rings is 2. The molecule has 0 bridgehead atoms. The highest BCUT2D eigenvalue weighted by Crippen LogP contribution is 2.26. The number of nitrogens with two attached hydrogens (primary N) is 1. The van der Waals surface area contributed by atoms with Crippen LogP contribution in [-0.2, 0) is 6.61 Å². The first-order valence-electron chi connectivity index (χ1n) is 7.60. The predicted octanol–water partition coefficient (Wildman–Crippen LogP) is 4.26. The van der Waals surface area contributed by atoms with Crippen LogP contribution >= 0.6 is 15.9 Å². The van der Waals surface area contributed by atoms with Gasteiger partial charge < -0.3 is 15.8 Å². The lowest BCUT2D eigenvalue weighted by Crippen LogP contribution is -2.14. The highest BCUT2D eigenvalue weighted by atomic mass is 79.9. The van der Waals surface area contributed by atoms with Crippen molar-refractivity contribution in [2.75, 3.05) is 11.1 Å². The fourth-order valence-electron chi connectivity index (χ4n) is 2.26. The van der Waals surface area contributed by atoms with E-state index in [4.69, 9.17) is 10.5 Å². The van der Waals surface area contributed by atoms with Gasteiger partial charge in [0.15, 0.2) is 0 Å². The van der Waals surface area contributed by atoms with E-state index < -0.39 is 0 Å². The Labute approximate surface area is 154 Å². The number of aromatic nitrogens is 1. The number of ether oxygens (including phenoxy) is 1. The van der Waals surface area contributed by atoms with Gasteiger partial charge in [-0.2, -0.15) is 0 Å². The van der Waals surface area contributed by atoms with E-state index in [2.05, 4.69) is 26.2 Å². The molecule has 3 aromatic rings. The minimum absolute atomic E-state index is 0.273. The first-order chi connectivity index (χ1) is 12.1. The lowest BCUT2D eigenvalue weighted by atomic mass is 10.1. The van der Waals surface area contributed by atoms with Gasteiger partial charge in [0.25, 0.3) is 5.91 Å². The van der Waals surface area contributed by atoms with Crippen molar-refractivity contribution >= 4 is 33.2 Å². The number of nitrogens with one attached hydrogen (secondary N) is 1. The van der Waals surface area contributed by atoms with E-state index in [1.165, 1.54) is 0 Å². The van der Waals surface area contributed by atoms with Crippen molar-refractivity contribution in [2.24, 2.45) is 0 Å². The molecule has 0 spiro atoms. The Hall–Kier alpha value is -2.86. The molecule has 0 saturated heterocycles. The number of hydrogen-bond acceptors (Lipinski definition) is 4. The zero-order valence-corrected chi connectivity index (χ0v) is 14.9. The first-order valence-corrected chi connectivity index (χ1v) is 8.40. The van der Waals surface area contributed by atoms with E-state index in [9.17, 15) is 4.79 Å². The Morgan fingerprint density at radius 1 is 1.16 bits per heavy atom. The van der Waals surface area contributed by atoms with Crippen LogP contribution in [0.2, 0.25) is 0 Å². The SMILES string of the molecule is Nc1ccccc1COc1ccc(Br)cc1C(=O)Nc1cccnc1. The van der Waals surface area contributed by atoms with E-state index in [0.29, 0.717) is 22.7 Å². The van der Waals surface area contributed by atoms with Crippen LogP contribution in [0.5, 0.6) is 5.75 Å². The van der Waals surface area contributed by atoms with E-state index in [1.807, 2.05) is 30.3 Å². The summed E-state index contributed by atoms with van der Waals surface area (Å²) in [5.74, 6) is 0.207. The zero-order valence-electron chi connectivity index (χ0n) is 13.3. The molecule has 3 N–H and O–H groups in total. The Morgan fingerprint density at radius 3 is 2.76 bits per heavy atom. The maximum atomic E-state index is 12.6. The van der Waals surface area contributed by atoms with Crippen LogP contribution in [0.3, 0.4) is 0 Å². The minimum Gasteiger partial charge on any atom is -0.488 e. The van der Waals surface area contributed by atoms with E-state index in [1.54, 1.807) is 36.7 Å². The summed E-state index contributed by atoms with van der Waals surface area (Å²) < 4.78 is 6.63. The molecule has 0 atom stereocenters. The zero-order chi connectivity index (χ0) is 17.6. The van der Waals surface area contributed by atoms with Gasteiger partial charge in [0.2, 0.25) is 0 Å². The maximum absolute atomic E-state index is 12.6. The van der Waals surface area contributed by atoms with E-state index in [0.717, 1.165) is 10.0 Å². The number of nitrogens with zero attached hydrogens (tertiary/aromatic N) is 1. The minimum atomic E-state index is -0.273. The molecule has 3 rings (SSSR count). The lowest BCUT2D eigenvalue weighted by Gasteiger charge is -2.13. The Kier molecular flexibility index (Phi) is 5.30. The molecule has 0 radical (unpaired) electrons. The third-order valence-corrected chi connectivity index (χ3v) is 4.04. The standard InChI is InChI=1S/C19H16BrN3O2/c20-14-7-8-18(25-12-13-4-1-2-6-17(13)21)16(10-14)19(24)23-15-5-3-9-22-11-15/h1-11H,12,21H2,(H,23,24). The predicted molar refractivity (Wildman–Crippen MR) is 102 cm³/mol. The first kappa shape index (κ1) is 17.0. The monoisotopic (exact) mass is 397 g/mol. The molecule has 0 fully saturated rings. The van der Waals surface area contributed by atoms with Crippen LogP contribution < -0.4 is 15.8 Å². The van der Waals surface area contributed by atoms with E-state index in [-0.39, 0.29) is 12.5 Å². The molecule has 1 amide bonds. The summed E-state index contributed by atoms with van der Waals surface area (Å²) in [7, 11) is 0. The van der Waals surface area contributed by atoms with Gasteiger partial charge in [-0.05, 0) is 36.4 Å². The largest absolute Gasteiger partial charge is 0.488 e. The van der Waals surface area contributed by atoms with Gasteiger partial charge in [-0.15, -0.1) is 0 Å². The average Bonchev–Trinajstić information content (AvgIpc) is 2.62. The molecule has 2 aromatic carbocycles. The molecule has 1 heterocycles. The van der Waals surface area contributed by atoms with Crippen molar-refractivity contribution in [1.82, 2.24) is 4.98 Å². The van der Waals surface area contributed by atoms with Gasteiger partial charge in [0, 0.05) is 21.9 Å². The van der Waals surface area contributed by atoms with Crippen molar-refractivity contribution < 1.29 is 9.53 Å². The van der Waals surface area contributed by atoms with Gasteiger partial charge in [-0.1, -0.05) is 34.1 Å². The summed E-state index contributed by atoms with van der Waals surface area (Å²) in [5.41, 5.74) is 8.49. The normalized spacial score (nSPS) is 10.3.